The summed E-state index contributed by atoms with van der Waals surface area (Å²) in [6.45, 7) is 5.46. The van der Waals surface area contributed by atoms with Crippen LogP contribution in [-0.4, -0.2) is 37.7 Å². The Morgan fingerprint density at radius 2 is 1.43 bits per heavy atom. The summed E-state index contributed by atoms with van der Waals surface area (Å²) in [7, 11) is -11.4. The van der Waals surface area contributed by atoms with Crippen LogP contribution in [0.4, 0.5) is 26.3 Å². The molecule has 0 bridgehead atoms. The molecule has 1 rings (SSSR count). The third-order valence-electron chi connectivity index (χ3n) is 3.48. The van der Waals surface area contributed by atoms with Gasteiger partial charge in [0, 0.05) is 6.42 Å². The molecule has 1 aromatic rings. The highest BCUT2D eigenvalue weighted by atomic mass is 32.3. The van der Waals surface area contributed by atoms with Crippen molar-refractivity contribution in [2.24, 2.45) is 7.05 Å². The minimum atomic E-state index is -6.72. The van der Waals surface area contributed by atoms with Crippen molar-refractivity contribution in [3.8, 4) is 0 Å². The summed E-state index contributed by atoms with van der Waals surface area (Å²) in [6.07, 6.45) is 9.80. The second-order valence-corrected chi connectivity index (χ2v) is 9.55. The smallest absolute Gasteiger partial charge is 0.421 e. The van der Waals surface area contributed by atoms with Crippen LogP contribution in [0, 0.1) is 0 Å². The fourth-order valence-electron chi connectivity index (χ4n) is 2.02. The van der Waals surface area contributed by atoms with E-state index >= 15 is 0 Å². The van der Waals surface area contributed by atoms with Crippen LogP contribution in [0.5, 0.6) is 0 Å². The largest absolute Gasteiger partial charge is 0.480 e. The lowest BCUT2D eigenvalue weighted by Crippen LogP contribution is -2.35. The third kappa shape index (κ3) is 9.16. The molecule has 0 aliphatic heterocycles. The molecular weight excluding hydrogens is 466 g/mol. The topological polar surface area (TPSA) is 104 Å². The number of hydrogen-bond acceptors (Lipinski definition) is 5. The summed E-state index contributed by atoms with van der Waals surface area (Å²) >= 11 is 0. The van der Waals surface area contributed by atoms with Gasteiger partial charge in [0.2, 0.25) is 0 Å². The van der Waals surface area contributed by atoms with Crippen LogP contribution >= 0.6 is 0 Å². The zero-order valence-electron chi connectivity index (χ0n) is 16.5. The number of hydrogen-bond donors (Lipinski definition) is 0. The molecule has 0 aliphatic rings. The maximum absolute atomic E-state index is 11.4. The molecule has 1 heterocycles. The molecule has 1 aromatic heterocycles. The van der Waals surface area contributed by atoms with Crippen LogP contribution in [0.2, 0.25) is 0 Å². The lowest BCUT2D eigenvalue weighted by atomic mass is 10.1. The van der Waals surface area contributed by atoms with Crippen molar-refractivity contribution in [1.29, 1.82) is 0 Å². The number of halogens is 6. The van der Waals surface area contributed by atoms with Gasteiger partial charge < -0.3 is 4.13 Å². The molecule has 0 fully saturated rings. The van der Waals surface area contributed by atoms with E-state index in [2.05, 4.69) is 29.9 Å². The normalized spacial score (nSPS) is 13.1. The van der Waals surface area contributed by atoms with E-state index in [-0.39, 0.29) is 0 Å². The van der Waals surface area contributed by atoms with Crippen molar-refractivity contribution in [1.82, 2.24) is 9.90 Å². The molecule has 0 aliphatic carbocycles. The number of nitrogens with zero attached hydrogens (tertiary/aromatic N) is 4. The van der Waals surface area contributed by atoms with Gasteiger partial charge in [0.1, 0.15) is 13.6 Å². The van der Waals surface area contributed by atoms with Gasteiger partial charge in [-0.1, -0.05) is 33.1 Å². The molecule has 0 spiro atoms. The van der Waals surface area contributed by atoms with Crippen molar-refractivity contribution in [2.75, 3.05) is 0 Å². The van der Waals surface area contributed by atoms with E-state index in [0.717, 1.165) is 17.1 Å². The monoisotopic (exact) mass is 490 g/mol. The zero-order valence-corrected chi connectivity index (χ0v) is 18.2. The Morgan fingerprint density at radius 1 is 0.933 bits per heavy atom. The zero-order chi connectivity index (χ0) is 23.8. The fraction of sp³-hybridized carbons (Fsp3) is 0.857. The van der Waals surface area contributed by atoms with Crippen molar-refractivity contribution in [3.05, 3.63) is 16.0 Å². The predicted octanol–water partition coefficient (Wildman–Crippen LogP) is 3.30. The van der Waals surface area contributed by atoms with E-state index in [0.29, 0.717) is 0 Å². The summed E-state index contributed by atoms with van der Waals surface area (Å²) in [5.74, 6) is 0. The van der Waals surface area contributed by atoms with Crippen LogP contribution < -0.4 is 4.68 Å². The van der Waals surface area contributed by atoms with E-state index in [4.69, 9.17) is 0 Å². The van der Waals surface area contributed by atoms with E-state index in [1.54, 1.807) is 0 Å². The minimum Gasteiger partial charge on any atom is -0.421 e. The molecule has 30 heavy (non-hydrogen) atoms. The molecule has 0 amide bonds. The first kappa shape index (κ1) is 28.6. The van der Waals surface area contributed by atoms with E-state index in [9.17, 15) is 43.2 Å². The first-order valence-corrected chi connectivity index (χ1v) is 11.7. The van der Waals surface area contributed by atoms with Gasteiger partial charge in [0.15, 0.2) is 31.9 Å². The minimum absolute atomic E-state index is 0.778. The average Bonchev–Trinajstić information content (AvgIpc) is 2.89. The summed E-state index contributed by atoms with van der Waals surface area (Å²) in [6, 6.07) is 0. The number of sulfonamides is 2. The van der Waals surface area contributed by atoms with Crippen LogP contribution in [0.25, 0.3) is 4.13 Å². The lowest BCUT2D eigenvalue weighted by molar-refractivity contribution is -0.755. The Bertz CT molecular complexity index is 822. The maximum Gasteiger partial charge on any atom is 0.480 e. The summed E-state index contributed by atoms with van der Waals surface area (Å²) < 4.78 is 113. The quantitative estimate of drug-likeness (QED) is 0.300. The van der Waals surface area contributed by atoms with Gasteiger partial charge in [-0.15, -0.1) is 9.36 Å². The van der Waals surface area contributed by atoms with E-state index in [1.165, 1.54) is 37.8 Å². The van der Waals surface area contributed by atoms with Gasteiger partial charge in [-0.25, -0.2) is 16.8 Å². The first-order valence-electron chi connectivity index (χ1n) is 8.78. The van der Waals surface area contributed by atoms with Crippen molar-refractivity contribution < 1.29 is 47.9 Å². The first-order chi connectivity index (χ1) is 13.5. The molecule has 0 aromatic carbocycles. The molecule has 0 saturated heterocycles. The van der Waals surface area contributed by atoms with Crippen LogP contribution in [-0.2, 0) is 40.1 Å². The average molecular weight is 490 g/mol. The van der Waals surface area contributed by atoms with Gasteiger partial charge in [-0.2, -0.15) is 26.3 Å². The van der Waals surface area contributed by atoms with Gasteiger partial charge in [-0.3, -0.25) is 0 Å². The highest BCUT2D eigenvalue weighted by Gasteiger charge is 2.46. The molecule has 178 valence electrons. The predicted molar refractivity (Wildman–Crippen MR) is 94.8 cm³/mol. The Kier molecular flexibility index (Phi) is 10.7. The van der Waals surface area contributed by atoms with Crippen molar-refractivity contribution in [3.63, 3.8) is 0 Å². The molecule has 0 radical (unpaired) electrons. The second kappa shape index (κ2) is 11.3. The van der Waals surface area contributed by atoms with Gasteiger partial charge in [0.05, 0.1) is 5.21 Å². The standard InChI is InChI=1S/C12H24N3.C2F6NO4S2/c1-4-6-7-8-9-12-11-15(10-5-2)13-14(12)3;3-1(4,5)14(10,11)9-15(12,13)2(6,7)8/h11H,4-10H2,1-3H3;/q+1;-1. The third-order valence-corrected chi connectivity index (χ3v) is 6.22. The lowest BCUT2D eigenvalue weighted by Gasteiger charge is -2.22. The maximum atomic E-state index is 11.4. The highest BCUT2D eigenvalue weighted by molar-refractivity contribution is 8.13. The highest BCUT2D eigenvalue weighted by Crippen LogP contribution is 2.36. The van der Waals surface area contributed by atoms with Crippen LogP contribution in [0.15, 0.2) is 6.20 Å². The van der Waals surface area contributed by atoms with E-state index in [1.807, 2.05) is 11.7 Å². The SMILES string of the molecule is CCCCCCc1c[n+](CCC)nn1C.O=S(=O)([N-]S(=O)(=O)C(F)(F)F)C(F)(F)F. The Labute approximate surface area is 171 Å². The Balaban J connectivity index is 0.000000561. The Hall–Kier alpha value is -1.42. The van der Waals surface area contributed by atoms with Crippen molar-refractivity contribution >= 4 is 20.0 Å². The summed E-state index contributed by atoms with van der Waals surface area (Å²) in [4.78, 5) is 0. The van der Waals surface area contributed by atoms with Crippen LogP contribution in [0.3, 0.4) is 0 Å². The second-order valence-electron chi connectivity index (χ2n) is 6.12. The Morgan fingerprint density at radius 3 is 1.83 bits per heavy atom. The number of aryl methyl sites for hydroxylation is 3. The van der Waals surface area contributed by atoms with Gasteiger partial charge >= 0.3 is 11.0 Å². The summed E-state index contributed by atoms with van der Waals surface area (Å²) in [5.41, 5.74) is -11.0. The van der Waals surface area contributed by atoms with E-state index < -0.39 is 31.1 Å². The van der Waals surface area contributed by atoms with Gasteiger partial charge in [-0.05, 0) is 12.8 Å². The van der Waals surface area contributed by atoms with Crippen molar-refractivity contribution in [2.45, 2.75) is 69.9 Å². The molecule has 8 nitrogen and oxygen atoms in total. The molecular formula is C14H24F6N4O4S2. The number of rotatable bonds is 9. The van der Waals surface area contributed by atoms with Gasteiger partial charge in [0.25, 0.3) is 0 Å². The van der Waals surface area contributed by atoms with Crippen LogP contribution in [0.1, 0.15) is 51.6 Å². The molecule has 16 heteroatoms. The number of alkyl halides is 6. The molecule has 0 unspecified atom stereocenters. The molecule has 0 N–H and O–H groups in total. The fourth-order valence-corrected chi connectivity index (χ4v) is 3.73. The molecule has 0 saturated carbocycles. The summed E-state index contributed by atoms with van der Waals surface area (Å²) in [5, 5.41) is 4.43. The number of aromatic nitrogens is 3. The molecule has 0 atom stereocenters. The number of unbranched alkanes of at least 4 members (excludes halogenated alkanes) is 3.